The standard InChI is InChI=1S/C15H23N3O2/c1-4-16-9-13-14(8-5-10(2)17-13)20-11(3)15(19)18-12-6-7-12/h5,8,11-12,16H,4,6-7,9H2,1-3H3,(H,18,19). The fraction of sp³-hybridized carbons (Fsp3) is 0.600. The average Bonchev–Trinajstić information content (AvgIpc) is 3.22. The molecule has 0 aromatic carbocycles. The van der Waals surface area contributed by atoms with Crippen LogP contribution in [-0.2, 0) is 11.3 Å². The van der Waals surface area contributed by atoms with Gasteiger partial charge in [-0.3, -0.25) is 9.78 Å². The van der Waals surface area contributed by atoms with Gasteiger partial charge in [0.25, 0.3) is 5.91 Å². The first-order valence-corrected chi connectivity index (χ1v) is 7.24. The number of nitrogens with zero attached hydrogens (tertiary/aromatic N) is 1. The van der Waals surface area contributed by atoms with Gasteiger partial charge in [0.15, 0.2) is 6.10 Å². The maximum atomic E-state index is 11.9. The number of carbonyl (C=O) groups excluding carboxylic acids is 1. The molecule has 1 unspecified atom stereocenters. The van der Waals surface area contributed by atoms with E-state index in [9.17, 15) is 4.79 Å². The van der Waals surface area contributed by atoms with Crippen molar-refractivity contribution in [3.63, 3.8) is 0 Å². The van der Waals surface area contributed by atoms with Gasteiger partial charge in [0, 0.05) is 18.3 Å². The largest absolute Gasteiger partial charge is 0.479 e. The number of rotatable bonds is 7. The predicted molar refractivity (Wildman–Crippen MR) is 77.6 cm³/mol. The van der Waals surface area contributed by atoms with Crippen molar-refractivity contribution in [2.75, 3.05) is 6.54 Å². The number of carbonyl (C=O) groups is 1. The van der Waals surface area contributed by atoms with Crippen molar-refractivity contribution in [3.05, 3.63) is 23.5 Å². The highest BCUT2D eigenvalue weighted by atomic mass is 16.5. The number of ether oxygens (including phenoxy) is 1. The molecule has 110 valence electrons. The summed E-state index contributed by atoms with van der Waals surface area (Å²) >= 11 is 0. The summed E-state index contributed by atoms with van der Waals surface area (Å²) < 4.78 is 5.77. The lowest BCUT2D eigenvalue weighted by molar-refractivity contribution is -0.127. The van der Waals surface area contributed by atoms with Gasteiger partial charge in [0.1, 0.15) is 5.75 Å². The van der Waals surface area contributed by atoms with E-state index in [-0.39, 0.29) is 5.91 Å². The van der Waals surface area contributed by atoms with Gasteiger partial charge in [0.05, 0.1) is 5.69 Å². The molecule has 5 nitrogen and oxygen atoms in total. The van der Waals surface area contributed by atoms with Crippen LogP contribution >= 0.6 is 0 Å². The third-order valence-electron chi connectivity index (χ3n) is 3.21. The Morgan fingerprint density at radius 1 is 1.50 bits per heavy atom. The van der Waals surface area contributed by atoms with Crippen LogP contribution in [0.4, 0.5) is 0 Å². The van der Waals surface area contributed by atoms with E-state index in [0.29, 0.717) is 18.3 Å². The molecule has 1 amide bonds. The number of aryl methyl sites for hydroxylation is 1. The Balaban J connectivity index is 2.00. The van der Waals surface area contributed by atoms with E-state index in [2.05, 4.69) is 15.6 Å². The average molecular weight is 277 g/mol. The molecule has 1 aromatic heterocycles. The highest BCUT2D eigenvalue weighted by Gasteiger charge is 2.26. The van der Waals surface area contributed by atoms with Crippen LogP contribution in [0, 0.1) is 6.92 Å². The van der Waals surface area contributed by atoms with Gasteiger partial charge in [-0.2, -0.15) is 0 Å². The summed E-state index contributed by atoms with van der Waals surface area (Å²) in [5, 5.41) is 6.18. The number of nitrogens with one attached hydrogen (secondary N) is 2. The molecular formula is C15H23N3O2. The second-order valence-corrected chi connectivity index (χ2v) is 5.22. The summed E-state index contributed by atoms with van der Waals surface area (Å²) in [7, 11) is 0. The van der Waals surface area contributed by atoms with E-state index in [1.54, 1.807) is 6.92 Å². The van der Waals surface area contributed by atoms with Crippen LogP contribution in [0.15, 0.2) is 12.1 Å². The van der Waals surface area contributed by atoms with Gasteiger partial charge in [-0.25, -0.2) is 0 Å². The molecule has 1 heterocycles. The molecule has 2 rings (SSSR count). The molecule has 1 aromatic rings. The Bertz CT molecular complexity index is 472. The fourth-order valence-electron chi connectivity index (χ4n) is 1.87. The summed E-state index contributed by atoms with van der Waals surface area (Å²) in [5.74, 6) is 0.623. The predicted octanol–water partition coefficient (Wildman–Crippen LogP) is 1.55. The first kappa shape index (κ1) is 14.8. The highest BCUT2D eigenvalue weighted by Crippen LogP contribution is 2.21. The summed E-state index contributed by atoms with van der Waals surface area (Å²) in [6.45, 7) is 7.27. The van der Waals surface area contributed by atoms with Crippen LogP contribution in [0.5, 0.6) is 5.75 Å². The third-order valence-corrected chi connectivity index (χ3v) is 3.21. The normalized spacial score (nSPS) is 15.8. The smallest absolute Gasteiger partial charge is 0.260 e. The minimum atomic E-state index is -0.500. The molecule has 1 atom stereocenters. The molecule has 0 aliphatic heterocycles. The Hall–Kier alpha value is -1.62. The number of hydrogen-bond acceptors (Lipinski definition) is 4. The van der Waals surface area contributed by atoms with E-state index in [1.165, 1.54) is 0 Å². The second kappa shape index (κ2) is 6.70. The summed E-state index contributed by atoms with van der Waals surface area (Å²) in [5.41, 5.74) is 1.79. The molecule has 1 aliphatic carbocycles. The van der Waals surface area contributed by atoms with Crippen LogP contribution in [0.2, 0.25) is 0 Å². The second-order valence-electron chi connectivity index (χ2n) is 5.22. The van der Waals surface area contributed by atoms with Gasteiger partial charge >= 0.3 is 0 Å². The molecule has 0 saturated heterocycles. The number of amides is 1. The van der Waals surface area contributed by atoms with E-state index in [4.69, 9.17) is 4.74 Å². The third kappa shape index (κ3) is 4.20. The van der Waals surface area contributed by atoms with Crippen molar-refractivity contribution in [1.29, 1.82) is 0 Å². The minimum Gasteiger partial charge on any atom is -0.479 e. The molecule has 1 fully saturated rings. The number of aromatic nitrogens is 1. The molecule has 0 bridgehead atoms. The van der Waals surface area contributed by atoms with Crippen molar-refractivity contribution in [3.8, 4) is 5.75 Å². The van der Waals surface area contributed by atoms with Gasteiger partial charge in [-0.15, -0.1) is 0 Å². The Kier molecular flexibility index (Phi) is 4.95. The number of pyridine rings is 1. The van der Waals surface area contributed by atoms with Crippen molar-refractivity contribution < 1.29 is 9.53 Å². The molecule has 0 radical (unpaired) electrons. The van der Waals surface area contributed by atoms with Crippen molar-refractivity contribution in [2.24, 2.45) is 0 Å². The zero-order valence-electron chi connectivity index (χ0n) is 12.4. The zero-order chi connectivity index (χ0) is 14.5. The summed E-state index contributed by atoms with van der Waals surface area (Å²) in [6.07, 6.45) is 1.66. The van der Waals surface area contributed by atoms with Gasteiger partial charge in [-0.1, -0.05) is 6.92 Å². The van der Waals surface area contributed by atoms with E-state index < -0.39 is 6.10 Å². The molecule has 5 heteroatoms. The van der Waals surface area contributed by atoms with Crippen LogP contribution < -0.4 is 15.4 Å². The van der Waals surface area contributed by atoms with Crippen LogP contribution in [-0.4, -0.2) is 29.6 Å². The van der Waals surface area contributed by atoms with Gasteiger partial charge in [0.2, 0.25) is 0 Å². The highest BCUT2D eigenvalue weighted by molar-refractivity contribution is 5.81. The van der Waals surface area contributed by atoms with E-state index in [0.717, 1.165) is 30.8 Å². The fourth-order valence-corrected chi connectivity index (χ4v) is 1.87. The number of hydrogen-bond donors (Lipinski definition) is 2. The van der Waals surface area contributed by atoms with Gasteiger partial charge < -0.3 is 15.4 Å². The molecular weight excluding hydrogens is 254 g/mol. The summed E-state index contributed by atoms with van der Waals surface area (Å²) in [4.78, 5) is 16.4. The van der Waals surface area contributed by atoms with Crippen molar-refractivity contribution in [2.45, 2.75) is 52.3 Å². The Morgan fingerprint density at radius 3 is 2.90 bits per heavy atom. The maximum Gasteiger partial charge on any atom is 0.260 e. The SMILES string of the molecule is CCNCc1nc(C)ccc1OC(C)C(=O)NC1CC1. The molecule has 0 spiro atoms. The monoisotopic (exact) mass is 277 g/mol. The first-order chi connectivity index (χ1) is 9.60. The summed E-state index contributed by atoms with van der Waals surface area (Å²) in [6, 6.07) is 4.14. The first-order valence-electron chi connectivity index (χ1n) is 7.24. The van der Waals surface area contributed by atoms with Crippen LogP contribution in [0.3, 0.4) is 0 Å². The lowest BCUT2D eigenvalue weighted by Gasteiger charge is -2.17. The quantitative estimate of drug-likeness (QED) is 0.793. The topological polar surface area (TPSA) is 63.3 Å². The maximum absolute atomic E-state index is 11.9. The van der Waals surface area contributed by atoms with Crippen molar-refractivity contribution >= 4 is 5.91 Å². The van der Waals surface area contributed by atoms with Crippen molar-refractivity contribution in [1.82, 2.24) is 15.6 Å². The lowest BCUT2D eigenvalue weighted by atomic mass is 10.2. The molecule has 2 N–H and O–H groups in total. The minimum absolute atomic E-state index is 0.0533. The molecule has 1 aliphatic rings. The van der Waals surface area contributed by atoms with Crippen LogP contribution in [0.25, 0.3) is 0 Å². The van der Waals surface area contributed by atoms with Gasteiger partial charge in [-0.05, 0) is 45.4 Å². The lowest BCUT2D eigenvalue weighted by Crippen LogP contribution is -2.37. The van der Waals surface area contributed by atoms with E-state index in [1.807, 2.05) is 26.0 Å². The van der Waals surface area contributed by atoms with E-state index >= 15 is 0 Å². The van der Waals surface area contributed by atoms with Crippen LogP contribution in [0.1, 0.15) is 38.1 Å². The molecule has 1 saturated carbocycles. The zero-order valence-corrected chi connectivity index (χ0v) is 12.4. The Labute approximate surface area is 120 Å². The Morgan fingerprint density at radius 2 is 2.25 bits per heavy atom. The molecule has 20 heavy (non-hydrogen) atoms.